The van der Waals surface area contributed by atoms with Gasteiger partial charge in [0.25, 0.3) is 0 Å². The van der Waals surface area contributed by atoms with Gasteiger partial charge in [0, 0.05) is 0 Å². The summed E-state index contributed by atoms with van der Waals surface area (Å²) < 4.78 is 31.2. The van der Waals surface area contributed by atoms with Crippen molar-refractivity contribution in [2.45, 2.75) is 46.2 Å². The highest BCUT2D eigenvalue weighted by molar-refractivity contribution is 7.92. The van der Waals surface area contributed by atoms with Gasteiger partial charge >= 0.3 is 0 Å². The van der Waals surface area contributed by atoms with E-state index in [1.807, 2.05) is 32.9 Å². The molecule has 2 rings (SSSR count). The van der Waals surface area contributed by atoms with Gasteiger partial charge in [-0.2, -0.15) is 0 Å². The van der Waals surface area contributed by atoms with E-state index >= 15 is 0 Å². The molecule has 2 aromatic rings. The van der Waals surface area contributed by atoms with Gasteiger partial charge in [-0.1, -0.05) is 30.7 Å². The van der Waals surface area contributed by atoms with Gasteiger partial charge in [0.15, 0.2) is 0 Å². The number of ether oxygens (including phenoxy) is 1. The number of anilines is 1. The number of methoxy groups -OCH3 is 1. The molecule has 1 N–H and O–H groups in total. The van der Waals surface area contributed by atoms with Gasteiger partial charge in [-0.15, -0.1) is 0 Å². The Kier molecular flexibility index (Phi) is 7.30. The lowest BCUT2D eigenvalue weighted by atomic mass is 9.97. The average Bonchev–Trinajstić information content (AvgIpc) is 2.66. The molecule has 0 aliphatic rings. The quantitative estimate of drug-likeness (QED) is 0.709. The Labute approximate surface area is 173 Å². The highest BCUT2D eigenvalue weighted by Gasteiger charge is 2.30. The van der Waals surface area contributed by atoms with Crippen LogP contribution in [0.1, 0.15) is 43.0 Å². The van der Waals surface area contributed by atoms with Crippen molar-refractivity contribution in [1.82, 2.24) is 5.32 Å². The lowest BCUT2D eigenvalue weighted by Crippen LogP contribution is -2.48. The minimum atomic E-state index is -3.67. The average molecular weight is 419 g/mol. The molecule has 7 heteroatoms. The van der Waals surface area contributed by atoms with Gasteiger partial charge in [-0.3, -0.25) is 9.10 Å². The van der Waals surface area contributed by atoms with Crippen LogP contribution in [-0.4, -0.2) is 33.7 Å². The van der Waals surface area contributed by atoms with Gasteiger partial charge in [-0.25, -0.2) is 8.42 Å². The molecule has 2 atom stereocenters. The third-order valence-corrected chi connectivity index (χ3v) is 6.18. The van der Waals surface area contributed by atoms with E-state index in [9.17, 15) is 13.2 Å². The summed E-state index contributed by atoms with van der Waals surface area (Å²) in [6.07, 6.45) is 1.80. The first kappa shape index (κ1) is 22.7. The largest absolute Gasteiger partial charge is 0.497 e. The molecule has 1 amide bonds. The normalized spacial score (nSPS) is 13.4. The Hall–Kier alpha value is -2.54. The number of amides is 1. The summed E-state index contributed by atoms with van der Waals surface area (Å²) in [4.78, 5) is 13.0. The predicted octanol–water partition coefficient (Wildman–Crippen LogP) is 3.73. The molecule has 0 saturated heterocycles. The lowest BCUT2D eigenvalue weighted by Gasteiger charge is -2.30. The SMILES string of the molecule is CC[C@@H](NC(=O)[C@H](C)N(c1ccc(OC)cc1)S(C)(=O)=O)c1ccc(C)cc1C. The number of hydrogen-bond acceptors (Lipinski definition) is 4. The number of nitrogens with zero attached hydrogens (tertiary/aromatic N) is 1. The van der Waals surface area contributed by atoms with E-state index in [1.165, 1.54) is 7.11 Å². The van der Waals surface area contributed by atoms with Crippen molar-refractivity contribution in [3.05, 3.63) is 59.2 Å². The molecule has 0 aliphatic carbocycles. The number of sulfonamides is 1. The molecule has 2 aromatic carbocycles. The maximum atomic E-state index is 13.0. The number of carbonyl (C=O) groups is 1. The van der Waals surface area contributed by atoms with E-state index in [-0.39, 0.29) is 11.9 Å². The zero-order chi connectivity index (χ0) is 21.8. The molecular weight excluding hydrogens is 388 g/mol. The Morgan fingerprint density at radius 2 is 1.76 bits per heavy atom. The first-order valence-electron chi connectivity index (χ1n) is 9.59. The number of nitrogens with one attached hydrogen (secondary N) is 1. The molecule has 0 unspecified atom stereocenters. The van der Waals surface area contributed by atoms with E-state index < -0.39 is 16.1 Å². The topological polar surface area (TPSA) is 75.7 Å². The van der Waals surface area contributed by atoms with Gasteiger partial charge in [0.1, 0.15) is 11.8 Å². The van der Waals surface area contributed by atoms with E-state index in [1.54, 1.807) is 31.2 Å². The van der Waals surface area contributed by atoms with Crippen molar-refractivity contribution in [2.24, 2.45) is 0 Å². The molecule has 0 radical (unpaired) electrons. The number of benzene rings is 2. The van der Waals surface area contributed by atoms with Crippen LogP contribution in [0.2, 0.25) is 0 Å². The van der Waals surface area contributed by atoms with Crippen LogP contribution in [0.15, 0.2) is 42.5 Å². The van der Waals surface area contributed by atoms with Crippen LogP contribution in [0.25, 0.3) is 0 Å². The van der Waals surface area contributed by atoms with Gasteiger partial charge in [0.2, 0.25) is 15.9 Å². The first-order chi connectivity index (χ1) is 13.6. The van der Waals surface area contributed by atoms with Crippen molar-refractivity contribution in [2.75, 3.05) is 17.7 Å². The summed E-state index contributed by atoms with van der Waals surface area (Å²) in [5, 5.41) is 3.02. The zero-order valence-corrected chi connectivity index (χ0v) is 18.7. The zero-order valence-electron chi connectivity index (χ0n) is 17.9. The van der Waals surface area contributed by atoms with Crippen LogP contribution in [-0.2, 0) is 14.8 Å². The molecular formula is C22H30N2O4S. The van der Waals surface area contributed by atoms with Crippen LogP contribution in [0.5, 0.6) is 5.75 Å². The van der Waals surface area contributed by atoms with Crippen molar-refractivity contribution >= 4 is 21.6 Å². The van der Waals surface area contributed by atoms with Crippen LogP contribution in [0.3, 0.4) is 0 Å². The fraction of sp³-hybridized carbons (Fsp3) is 0.409. The van der Waals surface area contributed by atoms with Crippen molar-refractivity contribution < 1.29 is 17.9 Å². The van der Waals surface area contributed by atoms with Gasteiger partial charge < -0.3 is 10.1 Å². The second-order valence-electron chi connectivity index (χ2n) is 7.26. The molecule has 0 aliphatic heterocycles. The maximum absolute atomic E-state index is 13.0. The maximum Gasteiger partial charge on any atom is 0.244 e. The number of carbonyl (C=O) groups excluding carboxylic acids is 1. The second kappa shape index (κ2) is 9.31. The van der Waals surface area contributed by atoms with E-state index in [0.29, 0.717) is 17.9 Å². The van der Waals surface area contributed by atoms with Gasteiger partial charge in [-0.05, 0) is 62.6 Å². The molecule has 0 aromatic heterocycles. The summed E-state index contributed by atoms with van der Waals surface area (Å²) in [6, 6.07) is 11.6. The van der Waals surface area contributed by atoms with Crippen molar-refractivity contribution in [3.8, 4) is 5.75 Å². The third kappa shape index (κ3) is 5.50. The molecule has 0 bridgehead atoms. The first-order valence-corrected chi connectivity index (χ1v) is 11.4. The minimum absolute atomic E-state index is 0.192. The standard InChI is InChI=1S/C22H30N2O4S/c1-7-21(20-13-8-15(2)14-16(20)3)23-22(25)17(4)24(29(6,26)27)18-9-11-19(28-5)12-10-18/h8-14,17,21H,7H2,1-6H3,(H,23,25)/t17-,21+/m0/s1. The number of hydrogen-bond donors (Lipinski definition) is 1. The lowest BCUT2D eigenvalue weighted by molar-refractivity contribution is -0.122. The monoisotopic (exact) mass is 418 g/mol. The summed E-state index contributed by atoms with van der Waals surface area (Å²) in [5.41, 5.74) is 3.70. The molecule has 0 fully saturated rings. The highest BCUT2D eigenvalue weighted by atomic mass is 32.2. The highest BCUT2D eigenvalue weighted by Crippen LogP contribution is 2.26. The van der Waals surface area contributed by atoms with E-state index in [4.69, 9.17) is 4.74 Å². The van der Waals surface area contributed by atoms with E-state index in [0.717, 1.165) is 27.3 Å². The number of aryl methyl sites for hydroxylation is 2. The van der Waals surface area contributed by atoms with Crippen molar-refractivity contribution in [1.29, 1.82) is 0 Å². The molecule has 0 heterocycles. The fourth-order valence-corrected chi connectivity index (χ4v) is 4.62. The summed E-state index contributed by atoms with van der Waals surface area (Å²) in [5.74, 6) is 0.262. The Bertz CT molecular complexity index is 955. The smallest absolute Gasteiger partial charge is 0.244 e. The van der Waals surface area contributed by atoms with Crippen molar-refractivity contribution in [3.63, 3.8) is 0 Å². The van der Waals surface area contributed by atoms with Crippen LogP contribution in [0.4, 0.5) is 5.69 Å². The Balaban J connectivity index is 2.30. The van der Waals surface area contributed by atoms with Gasteiger partial charge in [0.05, 0.1) is 25.1 Å². The molecule has 158 valence electrons. The summed E-state index contributed by atoms with van der Waals surface area (Å²) in [7, 11) is -2.13. The second-order valence-corrected chi connectivity index (χ2v) is 9.12. The molecule has 6 nitrogen and oxygen atoms in total. The van der Waals surface area contributed by atoms with Crippen LogP contribution >= 0.6 is 0 Å². The van der Waals surface area contributed by atoms with E-state index in [2.05, 4.69) is 11.4 Å². The Morgan fingerprint density at radius 1 is 1.14 bits per heavy atom. The Morgan fingerprint density at radius 3 is 2.24 bits per heavy atom. The molecule has 0 saturated carbocycles. The predicted molar refractivity (Wildman–Crippen MR) is 117 cm³/mol. The summed E-state index contributed by atoms with van der Waals surface area (Å²) in [6.45, 7) is 7.63. The fourth-order valence-electron chi connectivity index (χ4n) is 3.45. The summed E-state index contributed by atoms with van der Waals surface area (Å²) >= 11 is 0. The molecule has 0 spiro atoms. The molecule has 29 heavy (non-hydrogen) atoms. The van der Waals surface area contributed by atoms with Crippen LogP contribution in [0, 0.1) is 13.8 Å². The third-order valence-electron chi connectivity index (χ3n) is 4.94. The minimum Gasteiger partial charge on any atom is -0.497 e. The van der Waals surface area contributed by atoms with Crippen LogP contribution < -0.4 is 14.4 Å². The number of rotatable bonds is 8.